The minimum Gasteiger partial charge on any atom is -0.461 e. The van der Waals surface area contributed by atoms with Crippen LogP contribution >= 0.6 is 0 Å². The number of rotatable bonds is 5. The Labute approximate surface area is 118 Å². The van der Waals surface area contributed by atoms with Gasteiger partial charge in [-0.05, 0) is 16.7 Å². The Morgan fingerprint density at radius 1 is 0.950 bits per heavy atom. The van der Waals surface area contributed by atoms with Crippen molar-refractivity contribution in [2.24, 2.45) is 0 Å². The van der Waals surface area contributed by atoms with E-state index in [2.05, 4.69) is 6.07 Å². The Morgan fingerprint density at radius 3 is 2.25 bits per heavy atom. The standard InChI is InChI=1S/C17H15NO2/c18-11-10-14-6-8-15(9-7-14)12-17(19)20-13-16-4-2-1-3-5-16/h1-9H,10,12-13H2. The number of carbonyl (C=O) groups is 1. The number of ether oxygens (including phenoxy) is 1. The first-order valence-corrected chi connectivity index (χ1v) is 6.42. The summed E-state index contributed by atoms with van der Waals surface area (Å²) in [4.78, 5) is 11.7. The number of esters is 1. The summed E-state index contributed by atoms with van der Waals surface area (Å²) in [5.74, 6) is -0.248. The second-order valence-corrected chi connectivity index (χ2v) is 4.47. The van der Waals surface area contributed by atoms with Gasteiger partial charge in [-0.2, -0.15) is 5.26 Å². The fraction of sp³-hybridized carbons (Fsp3) is 0.176. The third kappa shape index (κ3) is 4.25. The van der Waals surface area contributed by atoms with Gasteiger partial charge in [0.15, 0.2) is 0 Å². The van der Waals surface area contributed by atoms with Gasteiger partial charge in [-0.25, -0.2) is 0 Å². The molecule has 0 atom stereocenters. The second-order valence-electron chi connectivity index (χ2n) is 4.47. The highest BCUT2D eigenvalue weighted by atomic mass is 16.5. The molecule has 0 aliphatic carbocycles. The van der Waals surface area contributed by atoms with Crippen LogP contribution in [0.2, 0.25) is 0 Å². The van der Waals surface area contributed by atoms with Crippen molar-refractivity contribution in [3.63, 3.8) is 0 Å². The molecule has 2 rings (SSSR count). The highest BCUT2D eigenvalue weighted by molar-refractivity contribution is 5.72. The Hall–Kier alpha value is -2.60. The van der Waals surface area contributed by atoms with E-state index < -0.39 is 0 Å². The van der Waals surface area contributed by atoms with Crippen molar-refractivity contribution in [3.8, 4) is 6.07 Å². The Balaban J connectivity index is 1.84. The third-order valence-electron chi connectivity index (χ3n) is 2.90. The maximum Gasteiger partial charge on any atom is 0.310 e. The van der Waals surface area contributed by atoms with Crippen LogP contribution in [0.4, 0.5) is 0 Å². The number of benzene rings is 2. The highest BCUT2D eigenvalue weighted by Crippen LogP contribution is 2.07. The first-order chi connectivity index (χ1) is 9.78. The topological polar surface area (TPSA) is 50.1 Å². The number of hydrogen-bond donors (Lipinski definition) is 0. The highest BCUT2D eigenvalue weighted by Gasteiger charge is 2.05. The molecule has 100 valence electrons. The lowest BCUT2D eigenvalue weighted by Crippen LogP contribution is -2.08. The summed E-state index contributed by atoms with van der Waals surface area (Å²) in [6.45, 7) is 0.298. The molecule has 0 aromatic heterocycles. The van der Waals surface area contributed by atoms with E-state index in [0.717, 1.165) is 16.7 Å². The van der Waals surface area contributed by atoms with E-state index in [9.17, 15) is 4.79 Å². The van der Waals surface area contributed by atoms with Crippen LogP contribution in [0.15, 0.2) is 54.6 Å². The fourth-order valence-electron chi connectivity index (χ4n) is 1.82. The maximum atomic E-state index is 11.7. The monoisotopic (exact) mass is 265 g/mol. The van der Waals surface area contributed by atoms with E-state index in [1.807, 2.05) is 54.6 Å². The summed E-state index contributed by atoms with van der Waals surface area (Å²) >= 11 is 0. The summed E-state index contributed by atoms with van der Waals surface area (Å²) < 4.78 is 5.22. The molecule has 2 aromatic rings. The van der Waals surface area contributed by atoms with E-state index in [-0.39, 0.29) is 12.4 Å². The lowest BCUT2D eigenvalue weighted by Gasteiger charge is -2.05. The molecule has 3 nitrogen and oxygen atoms in total. The molecule has 0 unspecified atom stereocenters. The zero-order valence-corrected chi connectivity index (χ0v) is 11.1. The second kappa shape index (κ2) is 7.10. The van der Waals surface area contributed by atoms with Crippen LogP contribution in [-0.2, 0) is 29.0 Å². The molecule has 0 fully saturated rings. The fourth-order valence-corrected chi connectivity index (χ4v) is 1.82. The number of carbonyl (C=O) groups excluding carboxylic acids is 1. The van der Waals surface area contributed by atoms with Crippen LogP contribution < -0.4 is 0 Å². The smallest absolute Gasteiger partial charge is 0.310 e. The normalized spacial score (nSPS) is 9.75. The predicted octanol–water partition coefficient (Wildman–Crippen LogP) is 3.04. The zero-order chi connectivity index (χ0) is 14.2. The SMILES string of the molecule is N#CCc1ccc(CC(=O)OCc2ccccc2)cc1. The first kappa shape index (κ1) is 13.8. The summed E-state index contributed by atoms with van der Waals surface area (Å²) in [5, 5.41) is 8.59. The molecule has 2 aromatic carbocycles. The molecule has 0 radical (unpaired) electrons. The van der Waals surface area contributed by atoms with Crippen molar-refractivity contribution in [2.45, 2.75) is 19.4 Å². The average molecular weight is 265 g/mol. The van der Waals surface area contributed by atoms with Gasteiger partial charge < -0.3 is 4.74 Å². The van der Waals surface area contributed by atoms with Gasteiger partial charge in [-0.15, -0.1) is 0 Å². The Kier molecular flexibility index (Phi) is 4.91. The Bertz CT molecular complexity index is 597. The minimum absolute atomic E-state index is 0.248. The summed E-state index contributed by atoms with van der Waals surface area (Å²) in [7, 11) is 0. The van der Waals surface area contributed by atoms with Crippen LogP contribution in [0.5, 0.6) is 0 Å². The maximum absolute atomic E-state index is 11.7. The van der Waals surface area contributed by atoms with Crippen molar-refractivity contribution >= 4 is 5.97 Å². The largest absolute Gasteiger partial charge is 0.461 e. The molecule has 3 heteroatoms. The summed E-state index contributed by atoms with van der Waals surface area (Å²) in [6, 6.07) is 19.1. The quantitative estimate of drug-likeness (QED) is 0.781. The predicted molar refractivity (Wildman–Crippen MR) is 75.7 cm³/mol. The molecule has 0 amide bonds. The van der Waals surface area contributed by atoms with Crippen molar-refractivity contribution in [2.75, 3.05) is 0 Å². The zero-order valence-electron chi connectivity index (χ0n) is 11.1. The van der Waals surface area contributed by atoms with E-state index >= 15 is 0 Å². The van der Waals surface area contributed by atoms with Crippen LogP contribution in [0.1, 0.15) is 16.7 Å². The van der Waals surface area contributed by atoms with Crippen LogP contribution in [0.3, 0.4) is 0 Å². The molecule has 0 heterocycles. The first-order valence-electron chi connectivity index (χ1n) is 6.42. The number of hydrogen-bond acceptors (Lipinski definition) is 3. The van der Waals surface area contributed by atoms with Gasteiger partial charge in [0.1, 0.15) is 6.61 Å². The van der Waals surface area contributed by atoms with E-state index in [4.69, 9.17) is 10.00 Å². The lowest BCUT2D eigenvalue weighted by molar-refractivity contribution is -0.144. The molecular formula is C17H15NO2. The van der Waals surface area contributed by atoms with Crippen molar-refractivity contribution < 1.29 is 9.53 Å². The van der Waals surface area contributed by atoms with Gasteiger partial charge in [-0.3, -0.25) is 4.79 Å². The average Bonchev–Trinajstić information content (AvgIpc) is 2.49. The molecule has 0 bridgehead atoms. The minimum atomic E-state index is -0.248. The van der Waals surface area contributed by atoms with Gasteiger partial charge >= 0.3 is 5.97 Å². The van der Waals surface area contributed by atoms with E-state index in [0.29, 0.717) is 13.0 Å². The number of nitrogens with zero attached hydrogens (tertiary/aromatic N) is 1. The summed E-state index contributed by atoms with van der Waals surface area (Å²) in [5.41, 5.74) is 2.82. The Morgan fingerprint density at radius 2 is 1.60 bits per heavy atom. The van der Waals surface area contributed by atoms with Crippen LogP contribution in [0.25, 0.3) is 0 Å². The van der Waals surface area contributed by atoms with Crippen molar-refractivity contribution in [1.82, 2.24) is 0 Å². The van der Waals surface area contributed by atoms with Crippen LogP contribution in [0, 0.1) is 11.3 Å². The van der Waals surface area contributed by atoms with Crippen LogP contribution in [-0.4, -0.2) is 5.97 Å². The molecule has 20 heavy (non-hydrogen) atoms. The molecule has 0 N–H and O–H groups in total. The lowest BCUT2D eigenvalue weighted by atomic mass is 10.1. The van der Waals surface area contributed by atoms with E-state index in [1.165, 1.54) is 0 Å². The third-order valence-corrected chi connectivity index (χ3v) is 2.90. The van der Waals surface area contributed by atoms with Gasteiger partial charge in [0.05, 0.1) is 18.9 Å². The molecule has 0 saturated heterocycles. The molecule has 0 spiro atoms. The van der Waals surface area contributed by atoms with Crippen molar-refractivity contribution in [1.29, 1.82) is 5.26 Å². The molecule has 0 aliphatic heterocycles. The van der Waals surface area contributed by atoms with E-state index in [1.54, 1.807) is 0 Å². The molecule has 0 aliphatic rings. The molecular weight excluding hydrogens is 250 g/mol. The molecule has 0 saturated carbocycles. The van der Waals surface area contributed by atoms with Gasteiger partial charge in [0.25, 0.3) is 0 Å². The van der Waals surface area contributed by atoms with Crippen molar-refractivity contribution in [3.05, 3.63) is 71.3 Å². The number of nitriles is 1. The summed E-state index contributed by atoms with van der Waals surface area (Å²) in [6.07, 6.45) is 0.637. The van der Waals surface area contributed by atoms with Gasteiger partial charge in [0, 0.05) is 0 Å². The van der Waals surface area contributed by atoms with Gasteiger partial charge in [-0.1, -0.05) is 54.6 Å². The van der Waals surface area contributed by atoms with Gasteiger partial charge in [0.2, 0.25) is 0 Å².